The van der Waals surface area contributed by atoms with Gasteiger partial charge in [0.05, 0.1) is 11.8 Å². The molecule has 0 heterocycles. The van der Waals surface area contributed by atoms with Crippen LogP contribution in [-0.2, 0) is 0 Å². The van der Waals surface area contributed by atoms with Crippen molar-refractivity contribution >= 4 is 5.71 Å². The van der Waals surface area contributed by atoms with E-state index >= 15 is 0 Å². The molecular weight excluding hydrogens is 274 g/mol. The van der Waals surface area contributed by atoms with E-state index in [1.54, 1.807) is 0 Å². The number of aliphatic hydroxyl groups is 1. The Balaban J connectivity index is 1.62. The molecule has 4 rings (SSSR count). The van der Waals surface area contributed by atoms with Crippen molar-refractivity contribution in [2.24, 2.45) is 39.7 Å². The third-order valence-corrected chi connectivity index (χ3v) is 8.59. The highest BCUT2D eigenvalue weighted by atomic mass is 16.4. The molecule has 4 saturated carbocycles. The number of hydrogen-bond acceptors (Lipinski definition) is 3. The Hall–Kier alpha value is -0.570. The highest BCUT2D eigenvalue weighted by Crippen LogP contribution is 2.65. The largest absolute Gasteiger partial charge is 0.411 e. The molecule has 22 heavy (non-hydrogen) atoms. The second-order valence-corrected chi connectivity index (χ2v) is 9.16. The average Bonchev–Trinajstić information content (AvgIpc) is 2.82. The van der Waals surface area contributed by atoms with Gasteiger partial charge in [0.25, 0.3) is 0 Å². The summed E-state index contributed by atoms with van der Waals surface area (Å²) in [6.07, 6.45) is 10.5. The minimum Gasteiger partial charge on any atom is -0.411 e. The third kappa shape index (κ3) is 1.87. The molecule has 3 nitrogen and oxygen atoms in total. The van der Waals surface area contributed by atoms with E-state index in [2.05, 4.69) is 19.0 Å². The van der Waals surface area contributed by atoms with Crippen molar-refractivity contribution < 1.29 is 10.3 Å². The molecule has 4 fully saturated rings. The van der Waals surface area contributed by atoms with Crippen LogP contribution < -0.4 is 0 Å². The summed E-state index contributed by atoms with van der Waals surface area (Å²) in [5.41, 5.74) is 1.65. The van der Waals surface area contributed by atoms with Crippen LogP contribution in [0.5, 0.6) is 0 Å². The number of fused-ring (bicyclic) bond motifs is 5. The monoisotopic (exact) mass is 305 g/mol. The molecule has 0 saturated heterocycles. The van der Waals surface area contributed by atoms with Gasteiger partial charge in [0, 0.05) is 0 Å². The quantitative estimate of drug-likeness (QED) is 0.520. The van der Waals surface area contributed by atoms with Crippen molar-refractivity contribution in [2.45, 2.75) is 77.7 Å². The second kappa shape index (κ2) is 4.96. The number of aliphatic hydroxyl groups excluding tert-OH is 1. The standard InChI is InChI=1S/C19H31NO2/c1-18-9-7-13(20-22)11-12(18)3-4-14-15-5-6-17(21)19(15,2)10-8-16(14)18/h12,14-17,21-22H,3-11H2,1-2H3/b20-13+/t12-,14-,15-,16-,17-,18-,19-/m0/s1. The first-order valence-corrected chi connectivity index (χ1v) is 9.37. The van der Waals surface area contributed by atoms with Crippen LogP contribution in [0.15, 0.2) is 5.16 Å². The van der Waals surface area contributed by atoms with Crippen molar-refractivity contribution in [3.63, 3.8) is 0 Å². The minimum absolute atomic E-state index is 0.0662. The summed E-state index contributed by atoms with van der Waals surface area (Å²) in [6.45, 7) is 4.88. The molecular formula is C19H31NO2. The Morgan fingerprint density at radius 3 is 2.50 bits per heavy atom. The van der Waals surface area contributed by atoms with Gasteiger partial charge in [0.2, 0.25) is 0 Å². The second-order valence-electron chi connectivity index (χ2n) is 9.16. The summed E-state index contributed by atoms with van der Waals surface area (Å²) in [5, 5.41) is 23.2. The predicted octanol–water partition coefficient (Wildman–Crippen LogP) is 4.22. The van der Waals surface area contributed by atoms with Crippen LogP contribution >= 0.6 is 0 Å². The van der Waals surface area contributed by atoms with Crippen LogP contribution in [0.1, 0.15) is 71.6 Å². The summed E-state index contributed by atoms with van der Waals surface area (Å²) >= 11 is 0. The van der Waals surface area contributed by atoms with Crippen LogP contribution in [-0.4, -0.2) is 22.1 Å². The van der Waals surface area contributed by atoms with Crippen molar-refractivity contribution in [2.75, 3.05) is 0 Å². The van der Waals surface area contributed by atoms with Crippen LogP contribution in [0.2, 0.25) is 0 Å². The van der Waals surface area contributed by atoms with Gasteiger partial charge in [-0.2, -0.15) is 0 Å². The first-order chi connectivity index (χ1) is 10.5. The fourth-order valence-corrected chi connectivity index (χ4v) is 7.12. The van der Waals surface area contributed by atoms with E-state index in [0.717, 1.165) is 42.7 Å². The normalized spacial score (nSPS) is 56.3. The first kappa shape index (κ1) is 15.0. The molecule has 0 amide bonds. The summed E-state index contributed by atoms with van der Waals surface area (Å²) in [5.74, 6) is 3.11. The maximum Gasteiger partial charge on any atom is 0.0596 e. The van der Waals surface area contributed by atoms with Gasteiger partial charge in [-0.05, 0) is 92.3 Å². The smallest absolute Gasteiger partial charge is 0.0596 e. The molecule has 124 valence electrons. The third-order valence-electron chi connectivity index (χ3n) is 8.59. The summed E-state index contributed by atoms with van der Waals surface area (Å²) in [4.78, 5) is 0. The summed E-state index contributed by atoms with van der Waals surface area (Å²) < 4.78 is 0. The molecule has 0 radical (unpaired) electrons. The Labute approximate surface area is 134 Å². The lowest BCUT2D eigenvalue weighted by atomic mass is 9.45. The van der Waals surface area contributed by atoms with E-state index in [1.165, 1.54) is 38.5 Å². The Bertz CT molecular complexity index is 490. The van der Waals surface area contributed by atoms with Gasteiger partial charge in [-0.15, -0.1) is 0 Å². The van der Waals surface area contributed by atoms with E-state index in [4.69, 9.17) is 5.21 Å². The van der Waals surface area contributed by atoms with Crippen LogP contribution in [0.25, 0.3) is 0 Å². The van der Waals surface area contributed by atoms with Gasteiger partial charge in [-0.3, -0.25) is 0 Å². The van der Waals surface area contributed by atoms with E-state index in [-0.39, 0.29) is 11.5 Å². The van der Waals surface area contributed by atoms with Crippen LogP contribution in [0, 0.1) is 34.5 Å². The first-order valence-electron chi connectivity index (χ1n) is 9.37. The van der Waals surface area contributed by atoms with Gasteiger partial charge >= 0.3 is 0 Å². The molecule has 0 aromatic heterocycles. The SMILES string of the molecule is C[C@]12CC/C(=N\O)C[C@@H]1CC[C@@H]1[C@@H]2CC[C@]2(C)[C@@H](O)CC[C@@H]12. The van der Waals surface area contributed by atoms with Gasteiger partial charge < -0.3 is 10.3 Å². The van der Waals surface area contributed by atoms with Crippen LogP contribution in [0.4, 0.5) is 0 Å². The van der Waals surface area contributed by atoms with E-state index < -0.39 is 0 Å². The van der Waals surface area contributed by atoms with Gasteiger partial charge in [-0.25, -0.2) is 0 Å². The zero-order valence-electron chi connectivity index (χ0n) is 14.1. The number of oxime groups is 1. The summed E-state index contributed by atoms with van der Waals surface area (Å²) in [7, 11) is 0. The molecule has 2 N–H and O–H groups in total. The Kier molecular flexibility index (Phi) is 3.38. The molecule has 0 aliphatic heterocycles. The van der Waals surface area contributed by atoms with Gasteiger partial charge in [-0.1, -0.05) is 19.0 Å². The lowest BCUT2D eigenvalue weighted by molar-refractivity contribution is -0.112. The molecule has 0 aromatic carbocycles. The van der Waals surface area contributed by atoms with Gasteiger partial charge in [0.15, 0.2) is 0 Å². The van der Waals surface area contributed by atoms with Crippen molar-refractivity contribution in [1.29, 1.82) is 0 Å². The molecule has 3 heteroatoms. The predicted molar refractivity (Wildman–Crippen MR) is 87.0 cm³/mol. The zero-order valence-corrected chi connectivity index (χ0v) is 14.1. The van der Waals surface area contributed by atoms with E-state index in [0.29, 0.717) is 11.3 Å². The maximum atomic E-state index is 10.5. The van der Waals surface area contributed by atoms with Crippen molar-refractivity contribution in [3.8, 4) is 0 Å². The molecule has 4 aliphatic carbocycles. The minimum atomic E-state index is -0.0662. The Morgan fingerprint density at radius 2 is 1.73 bits per heavy atom. The maximum absolute atomic E-state index is 10.5. The highest BCUT2D eigenvalue weighted by molar-refractivity contribution is 5.85. The number of rotatable bonds is 0. The molecule has 0 spiro atoms. The summed E-state index contributed by atoms with van der Waals surface area (Å²) in [6, 6.07) is 0. The van der Waals surface area contributed by atoms with E-state index in [1.807, 2.05) is 0 Å². The van der Waals surface area contributed by atoms with Gasteiger partial charge in [0.1, 0.15) is 0 Å². The lowest BCUT2D eigenvalue weighted by Crippen LogP contribution is -2.54. The van der Waals surface area contributed by atoms with E-state index in [9.17, 15) is 5.11 Å². The Morgan fingerprint density at radius 1 is 0.955 bits per heavy atom. The number of hydrogen-bond donors (Lipinski definition) is 2. The molecule has 7 atom stereocenters. The molecule has 4 aliphatic rings. The van der Waals surface area contributed by atoms with Crippen LogP contribution in [0.3, 0.4) is 0 Å². The fourth-order valence-electron chi connectivity index (χ4n) is 7.12. The zero-order chi connectivity index (χ0) is 15.5. The topological polar surface area (TPSA) is 52.8 Å². The highest BCUT2D eigenvalue weighted by Gasteiger charge is 2.59. The fraction of sp³-hybridized carbons (Fsp3) is 0.947. The number of nitrogens with zero attached hydrogens (tertiary/aromatic N) is 1. The molecule has 0 unspecified atom stereocenters. The lowest BCUT2D eigenvalue weighted by Gasteiger charge is -2.60. The van der Waals surface area contributed by atoms with Crippen molar-refractivity contribution in [3.05, 3.63) is 0 Å². The molecule has 0 bridgehead atoms. The average molecular weight is 305 g/mol. The molecule has 0 aromatic rings. The van der Waals surface area contributed by atoms with Crippen molar-refractivity contribution in [1.82, 2.24) is 0 Å².